The summed E-state index contributed by atoms with van der Waals surface area (Å²) >= 11 is 3.45. The molecule has 7 nitrogen and oxygen atoms in total. The van der Waals surface area contributed by atoms with Crippen molar-refractivity contribution in [3.8, 4) is 22.8 Å². The minimum Gasteiger partial charge on any atom is -0.308 e. The summed E-state index contributed by atoms with van der Waals surface area (Å²) in [6, 6.07) is 5.48. The van der Waals surface area contributed by atoms with E-state index in [1.54, 1.807) is 23.1 Å². The van der Waals surface area contributed by atoms with Gasteiger partial charge in [-0.2, -0.15) is 5.10 Å². The molecule has 0 unspecified atom stereocenters. The lowest BCUT2D eigenvalue weighted by Gasteiger charge is -2.07. The number of nitrogens with zero attached hydrogens (tertiary/aromatic N) is 5. The first-order valence-corrected chi connectivity index (χ1v) is 6.92. The van der Waals surface area contributed by atoms with Crippen molar-refractivity contribution in [1.82, 2.24) is 24.7 Å². The third-order valence-corrected chi connectivity index (χ3v) is 3.48. The SMILES string of the molecule is Cn1cc(-c2cc(NN)nc(-c3ncccc3Br)n2)cn1. The summed E-state index contributed by atoms with van der Waals surface area (Å²) in [5, 5.41) is 4.15. The number of pyridine rings is 1. The van der Waals surface area contributed by atoms with Gasteiger partial charge in [-0.15, -0.1) is 0 Å². The zero-order chi connectivity index (χ0) is 14.8. The highest BCUT2D eigenvalue weighted by Gasteiger charge is 2.12. The molecule has 0 atom stereocenters. The van der Waals surface area contributed by atoms with Gasteiger partial charge in [-0.25, -0.2) is 15.8 Å². The van der Waals surface area contributed by atoms with Gasteiger partial charge in [0.25, 0.3) is 0 Å². The Hall–Kier alpha value is -2.32. The van der Waals surface area contributed by atoms with Crippen molar-refractivity contribution >= 4 is 21.7 Å². The van der Waals surface area contributed by atoms with E-state index in [4.69, 9.17) is 5.84 Å². The predicted molar refractivity (Wildman–Crippen MR) is 83.0 cm³/mol. The summed E-state index contributed by atoms with van der Waals surface area (Å²) in [7, 11) is 1.85. The average Bonchev–Trinajstić information content (AvgIpc) is 2.94. The van der Waals surface area contributed by atoms with Crippen LogP contribution in [-0.4, -0.2) is 24.7 Å². The number of nitrogens with two attached hydrogens (primary N) is 1. The largest absolute Gasteiger partial charge is 0.308 e. The van der Waals surface area contributed by atoms with Gasteiger partial charge in [-0.3, -0.25) is 9.67 Å². The van der Waals surface area contributed by atoms with E-state index in [1.807, 2.05) is 25.4 Å². The number of nitrogens with one attached hydrogen (secondary N) is 1. The number of rotatable bonds is 3. The standard InChI is InChI=1S/C13H12BrN7/c1-21-7-8(6-17-21)10-5-11(20-15)19-13(18-10)12-9(14)3-2-4-16-12/h2-7H,15H2,1H3,(H,18,19,20). The van der Waals surface area contributed by atoms with Crippen LogP contribution < -0.4 is 11.3 Å². The van der Waals surface area contributed by atoms with Crippen LogP contribution in [0.4, 0.5) is 5.82 Å². The maximum atomic E-state index is 5.49. The quantitative estimate of drug-likeness (QED) is 0.556. The van der Waals surface area contributed by atoms with Gasteiger partial charge in [-0.1, -0.05) is 0 Å². The lowest BCUT2D eigenvalue weighted by molar-refractivity contribution is 0.768. The van der Waals surface area contributed by atoms with E-state index in [-0.39, 0.29) is 0 Å². The Labute approximate surface area is 129 Å². The van der Waals surface area contributed by atoms with Crippen molar-refractivity contribution in [3.63, 3.8) is 0 Å². The number of hydrogen-bond donors (Lipinski definition) is 2. The number of anilines is 1. The Morgan fingerprint density at radius 1 is 1.33 bits per heavy atom. The summed E-state index contributed by atoms with van der Waals surface area (Å²) in [4.78, 5) is 13.2. The van der Waals surface area contributed by atoms with Gasteiger partial charge < -0.3 is 5.43 Å². The molecule has 0 aliphatic rings. The van der Waals surface area contributed by atoms with Crippen LogP contribution in [-0.2, 0) is 7.05 Å². The van der Waals surface area contributed by atoms with Gasteiger partial charge in [0.15, 0.2) is 5.82 Å². The molecule has 3 heterocycles. The number of aromatic nitrogens is 5. The van der Waals surface area contributed by atoms with Crippen molar-refractivity contribution in [2.45, 2.75) is 0 Å². The fourth-order valence-electron chi connectivity index (χ4n) is 1.88. The third kappa shape index (κ3) is 2.76. The fourth-order valence-corrected chi connectivity index (χ4v) is 2.31. The summed E-state index contributed by atoms with van der Waals surface area (Å²) < 4.78 is 2.53. The Balaban J connectivity index is 2.16. The van der Waals surface area contributed by atoms with Crippen LogP contribution >= 0.6 is 15.9 Å². The zero-order valence-electron chi connectivity index (χ0n) is 11.2. The predicted octanol–water partition coefficient (Wildman–Crippen LogP) is 1.99. The van der Waals surface area contributed by atoms with E-state index in [1.165, 1.54) is 0 Å². The lowest BCUT2D eigenvalue weighted by Crippen LogP contribution is -2.10. The second-order valence-electron chi connectivity index (χ2n) is 4.34. The third-order valence-electron chi connectivity index (χ3n) is 2.84. The Kier molecular flexibility index (Phi) is 3.63. The molecule has 0 radical (unpaired) electrons. The number of aryl methyl sites for hydroxylation is 1. The van der Waals surface area contributed by atoms with E-state index in [0.29, 0.717) is 17.3 Å². The van der Waals surface area contributed by atoms with Crippen molar-refractivity contribution in [2.75, 3.05) is 5.43 Å². The maximum Gasteiger partial charge on any atom is 0.181 e. The highest BCUT2D eigenvalue weighted by molar-refractivity contribution is 9.10. The first kappa shape index (κ1) is 13.7. The van der Waals surface area contributed by atoms with Crippen LogP contribution in [0.3, 0.4) is 0 Å². The lowest BCUT2D eigenvalue weighted by atomic mass is 10.2. The molecule has 0 aliphatic heterocycles. The minimum absolute atomic E-state index is 0.483. The molecule has 0 spiro atoms. The highest BCUT2D eigenvalue weighted by atomic mass is 79.9. The molecule has 0 aliphatic carbocycles. The van der Waals surface area contributed by atoms with Crippen LogP contribution in [0, 0.1) is 0 Å². The molecule has 3 aromatic rings. The van der Waals surface area contributed by atoms with Gasteiger partial charge in [0.05, 0.1) is 11.9 Å². The molecule has 0 saturated carbocycles. The van der Waals surface area contributed by atoms with Gasteiger partial charge in [0.2, 0.25) is 0 Å². The second kappa shape index (κ2) is 5.58. The smallest absolute Gasteiger partial charge is 0.181 e. The molecule has 8 heteroatoms. The molecule has 0 amide bonds. The Morgan fingerprint density at radius 3 is 2.86 bits per heavy atom. The topological polar surface area (TPSA) is 94.5 Å². The minimum atomic E-state index is 0.483. The summed E-state index contributed by atoms with van der Waals surface area (Å²) in [5.41, 5.74) is 4.80. The van der Waals surface area contributed by atoms with Gasteiger partial charge in [0, 0.05) is 35.5 Å². The molecule has 3 N–H and O–H groups in total. The van der Waals surface area contributed by atoms with Crippen LogP contribution in [0.5, 0.6) is 0 Å². The van der Waals surface area contributed by atoms with Crippen LogP contribution in [0.1, 0.15) is 0 Å². The first-order valence-electron chi connectivity index (χ1n) is 6.13. The van der Waals surface area contributed by atoms with E-state index in [0.717, 1.165) is 15.7 Å². The molecule has 0 saturated heterocycles. The van der Waals surface area contributed by atoms with E-state index < -0.39 is 0 Å². The second-order valence-corrected chi connectivity index (χ2v) is 5.20. The van der Waals surface area contributed by atoms with Gasteiger partial charge >= 0.3 is 0 Å². The first-order chi connectivity index (χ1) is 10.2. The number of hydrogen-bond acceptors (Lipinski definition) is 6. The molecular formula is C13H12BrN7. The van der Waals surface area contributed by atoms with Crippen molar-refractivity contribution < 1.29 is 0 Å². The molecule has 0 bridgehead atoms. The van der Waals surface area contributed by atoms with E-state index in [2.05, 4.69) is 41.4 Å². The van der Waals surface area contributed by atoms with Crippen LogP contribution in [0.25, 0.3) is 22.8 Å². The van der Waals surface area contributed by atoms with Crippen LogP contribution in [0.2, 0.25) is 0 Å². The maximum absolute atomic E-state index is 5.49. The van der Waals surface area contributed by atoms with Crippen molar-refractivity contribution in [1.29, 1.82) is 0 Å². The van der Waals surface area contributed by atoms with Crippen molar-refractivity contribution in [3.05, 3.63) is 41.3 Å². The summed E-state index contributed by atoms with van der Waals surface area (Å²) in [5.74, 6) is 6.49. The van der Waals surface area contributed by atoms with E-state index in [9.17, 15) is 0 Å². The molecule has 21 heavy (non-hydrogen) atoms. The number of hydrazine groups is 1. The fraction of sp³-hybridized carbons (Fsp3) is 0.0769. The van der Waals surface area contributed by atoms with Gasteiger partial charge in [-0.05, 0) is 28.1 Å². The summed E-state index contributed by atoms with van der Waals surface area (Å²) in [6.45, 7) is 0. The van der Waals surface area contributed by atoms with Crippen LogP contribution in [0.15, 0.2) is 41.3 Å². The number of halogens is 1. The Morgan fingerprint density at radius 2 is 2.19 bits per heavy atom. The average molecular weight is 346 g/mol. The monoisotopic (exact) mass is 345 g/mol. The molecule has 106 valence electrons. The zero-order valence-corrected chi connectivity index (χ0v) is 12.7. The molecule has 0 fully saturated rings. The van der Waals surface area contributed by atoms with Gasteiger partial charge in [0.1, 0.15) is 11.5 Å². The van der Waals surface area contributed by atoms with E-state index >= 15 is 0 Å². The normalized spacial score (nSPS) is 10.6. The highest BCUT2D eigenvalue weighted by Crippen LogP contribution is 2.26. The van der Waals surface area contributed by atoms with Crippen molar-refractivity contribution in [2.24, 2.45) is 12.9 Å². The molecule has 3 rings (SSSR count). The number of nitrogen functional groups attached to an aromatic ring is 1. The summed E-state index contributed by atoms with van der Waals surface area (Å²) in [6.07, 6.45) is 5.30. The molecule has 3 aromatic heterocycles. The Bertz CT molecular complexity index is 784. The molecule has 0 aromatic carbocycles. The molecular weight excluding hydrogens is 334 g/mol.